The summed E-state index contributed by atoms with van der Waals surface area (Å²) in [5.41, 5.74) is 1.17. The molecular weight excluding hydrogens is 233 g/mol. The molecule has 0 aromatic heterocycles. The Labute approximate surface area is 106 Å². The van der Waals surface area contributed by atoms with Crippen molar-refractivity contribution >= 4 is 5.97 Å². The van der Waals surface area contributed by atoms with Crippen LogP contribution in [-0.4, -0.2) is 29.1 Å². The van der Waals surface area contributed by atoms with Gasteiger partial charge in [-0.2, -0.15) is 0 Å². The number of nitrogens with zero attached hydrogens (tertiary/aromatic N) is 1. The summed E-state index contributed by atoms with van der Waals surface area (Å²) in [6.45, 7) is 2.67. The van der Waals surface area contributed by atoms with Crippen LogP contribution < -0.4 is 0 Å². The van der Waals surface area contributed by atoms with E-state index < -0.39 is 5.97 Å². The Hall–Kier alpha value is -1.42. The first-order valence-electron chi connectivity index (χ1n) is 6.36. The smallest absolute Gasteiger partial charge is 0.307 e. The third-order valence-electron chi connectivity index (χ3n) is 3.32. The molecule has 1 aliphatic rings. The van der Waals surface area contributed by atoms with Gasteiger partial charge in [0.2, 0.25) is 0 Å². The molecule has 98 valence electrons. The summed E-state index contributed by atoms with van der Waals surface area (Å²) in [6, 6.07) is 4.76. The molecule has 1 aromatic rings. The summed E-state index contributed by atoms with van der Waals surface area (Å²) in [5.74, 6) is -1.22. The molecule has 1 heterocycles. The van der Waals surface area contributed by atoms with Crippen molar-refractivity contribution in [1.82, 2.24) is 4.90 Å². The molecule has 1 saturated heterocycles. The first-order chi connectivity index (χ1) is 8.65. The molecular formula is C14H18FNO2. The molecule has 1 fully saturated rings. The highest BCUT2D eigenvalue weighted by molar-refractivity contribution is 5.70. The second kappa shape index (κ2) is 5.96. The van der Waals surface area contributed by atoms with Gasteiger partial charge in [-0.15, -0.1) is 0 Å². The molecule has 4 heteroatoms. The fourth-order valence-corrected chi connectivity index (χ4v) is 2.36. The highest BCUT2D eigenvalue weighted by Gasteiger charge is 2.13. The number of hydrogen-bond donors (Lipinski definition) is 1. The number of carboxylic acids is 1. The minimum absolute atomic E-state index is 0.124. The van der Waals surface area contributed by atoms with Gasteiger partial charge in [-0.25, -0.2) is 4.39 Å². The van der Waals surface area contributed by atoms with Crippen molar-refractivity contribution in [3.05, 3.63) is 35.1 Å². The van der Waals surface area contributed by atoms with Crippen molar-refractivity contribution < 1.29 is 14.3 Å². The standard InChI is InChI=1S/C14H18FNO2/c15-13-8-11(9-14(17)18)4-5-12(13)10-16-6-2-1-3-7-16/h4-5,8H,1-3,6-7,9-10H2,(H,17,18). The fraction of sp³-hybridized carbons (Fsp3) is 0.500. The number of halogens is 1. The van der Waals surface area contributed by atoms with E-state index in [1.807, 2.05) is 0 Å². The van der Waals surface area contributed by atoms with E-state index in [0.29, 0.717) is 17.7 Å². The third-order valence-corrected chi connectivity index (χ3v) is 3.32. The van der Waals surface area contributed by atoms with Crippen LogP contribution in [0.1, 0.15) is 30.4 Å². The Morgan fingerprint density at radius 3 is 2.61 bits per heavy atom. The Balaban J connectivity index is 2.02. The van der Waals surface area contributed by atoms with Gasteiger partial charge in [0.1, 0.15) is 5.82 Å². The summed E-state index contributed by atoms with van der Waals surface area (Å²) in [6.07, 6.45) is 3.49. The molecule has 1 aromatic carbocycles. The average Bonchev–Trinajstić information content (AvgIpc) is 2.33. The van der Waals surface area contributed by atoms with Gasteiger partial charge in [-0.05, 0) is 37.6 Å². The first-order valence-corrected chi connectivity index (χ1v) is 6.36. The summed E-state index contributed by atoms with van der Waals surface area (Å²) in [4.78, 5) is 12.8. The molecule has 0 radical (unpaired) electrons. The van der Waals surface area contributed by atoms with Crippen LogP contribution in [0, 0.1) is 5.82 Å². The maximum Gasteiger partial charge on any atom is 0.307 e. The largest absolute Gasteiger partial charge is 0.481 e. The SMILES string of the molecule is O=C(O)Cc1ccc(CN2CCCCC2)c(F)c1. The zero-order valence-corrected chi connectivity index (χ0v) is 10.4. The monoisotopic (exact) mass is 251 g/mol. The van der Waals surface area contributed by atoms with E-state index in [4.69, 9.17) is 5.11 Å². The minimum atomic E-state index is -0.932. The van der Waals surface area contributed by atoms with E-state index in [1.165, 1.54) is 25.3 Å². The van der Waals surface area contributed by atoms with Crippen molar-refractivity contribution in [2.24, 2.45) is 0 Å². The van der Waals surface area contributed by atoms with Gasteiger partial charge in [0, 0.05) is 12.1 Å². The van der Waals surface area contributed by atoms with Crippen molar-refractivity contribution in [3.63, 3.8) is 0 Å². The maximum atomic E-state index is 13.8. The molecule has 0 unspecified atom stereocenters. The second-order valence-electron chi connectivity index (χ2n) is 4.83. The number of aliphatic carboxylic acids is 1. The number of likely N-dealkylation sites (tertiary alicyclic amines) is 1. The van der Waals surface area contributed by atoms with Gasteiger partial charge >= 0.3 is 5.97 Å². The van der Waals surface area contributed by atoms with Crippen LogP contribution in [0.4, 0.5) is 4.39 Å². The number of hydrogen-bond acceptors (Lipinski definition) is 2. The van der Waals surface area contributed by atoms with Crippen LogP contribution in [0.15, 0.2) is 18.2 Å². The second-order valence-corrected chi connectivity index (χ2v) is 4.83. The molecule has 2 rings (SSSR count). The summed E-state index contributed by atoms with van der Waals surface area (Å²) in [5, 5.41) is 8.66. The summed E-state index contributed by atoms with van der Waals surface area (Å²) < 4.78 is 13.8. The first kappa shape index (κ1) is 13.0. The molecule has 18 heavy (non-hydrogen) atoms. The van der Waals surface area contributed by atoms with E-state index in [9.17, 15) is 9.18 Å². The molecule has 0 aliphatic carbocycles. The predicted octanol–water partition coefficient (Wildman–Crippen LogP) is 2.44. The Kier molecular flexibility index (Phi) is 4.31. The quantitative estimate of drug-likeness (QED) is 0.893. The van der Waals surface area contributed by atoms with E-state index in [-0.39, 0.29) is 12.2 Å². The Morgan fingerprint density at radius 2 is 2.00 bits per heavy atom. The van der Waals surface area contributed by atoms with Crippen LogP contribution >= 0.6 is 0 Å². The van der Waals surface area contributed by atoms with E-state index in [2.05, 4.69) is 4.90 Å². The summed E-state index contributed by atoms with van der Waals surface area (Å²) in [7, 11) is 0. The fourth-order valence-electron chi connectivity index (χ4n) is 2.36. The van der Waals surface area contributed by atoms with Gasteiger partial charge in [-0.3, -0.25) is 9.69 Å². The van der Waals surface area contributed by atoms with Crippen LogP contribution in [0.25, 0.3) is 0 Å². The molecule has 0 amide bonds. The molecule has 1 aliphatic heterocycles. The average molecular weight is 251 g/mol. The molecule has 0 bridgehead atoms. The van der Waals surface area contributed by atoms with Crippen LogP contribution in [0.5, 0.6) is 0 Å². The number of carboxylic acid groups (broad SMARTS) is 1. The van der Waals surface area contributed by atoms with Crippen molar-refractivity contribution in [2.45, 2.75) is 32.2 Å². The summed E-state index contributed by atoms with van der Waals surface area (Å²) >= 11 is 0. The van der Waals surface area contributed by atoms with Gasteiger partial charge in [0.05, 0.1) is 6.42 Å². The van der Waals surface area contributed by atoms with E-state index >= 15 is 0 Å². The van der Waals surface area contributed by atoms with Crippen LogP contribution in [-0.2, 0) is 17.8 Å². The highest BCUT2D eigenvalue weighted by Crippen LogP contribution is 2.16. The number of piperidine rings is 1. The van der Waals surface area contributed by atoms with E-state index in [1.54, 1.807) is 12.1 Å². The Bertz CT molecular complexity index is 428. The topological polar surface area (TPSA) is 40.5 Å². The van der Waals surface area contributed by atoms with Crippen LogP contribution in [0.3, 0.4) is 0 Å². The minimum Gasteiger partial charge on any atom is -0.481 e. The van der Waals surface area contributed by atoms with E-state index in [0.717, 1.165) is 13.1 Å². The van der Waals surface area contributed by atoms with Gasteiger partial charge < -0.3 is 5.11 Å². The Morgan fingerprint density at radius 1 is 1.28 bits per heavy atom. The molecule has 1 N–H and O–H groups in total. The van der Waals surface area contributed by atoms with Gasteiger partial charge in [0.15, 0.2) is 0 Å². The molecule has 3 nitrogen and oxygen atoms in total. The maximum absolute atomic E-state index is 13.8. The van der Waals surface area contributed by atoms with Gasteiger partial charge in [0.25, 0.3) is 0 Å². The lowest BCUT2D eigenvalue weighted by Crippen LogP contribution is -2.29. The molecule has 0 saturated carbocycles. The third kappa shape index (κ3) is 3.53. The van der Waals surface area contributed by atoms with Crippen molar-refractivity contribution in [1.29, 1.82) is 0 Å². The normalized spacial score (nSPS) is 16.7. The number of carbonyl (C=O) groups is 1. The van der Waals surface area contributed by atoms with Crippen molar-refractivity contribution in [2.75, 3.05) is 13.1 Å². The van der Waals surface area contributed by atoms with Crippen LogP contribution in [0.2, 0.25) is 0 Å². The lowest BCUT2D eigenvalue weighted by atomic mass is 10.1. The van der Waals surface area contributed by atoms with Crippen molar-refractivity contribution in [3.8, 4) is 0 Å². The molecule has 0 spiro atoms. The number of benzene rings is 1. The number of rotatable bonds is 4. The lowest BCUT2D eigenvalue weighted by Gasteiger charge is -2.26. The predicted molar refractivity (Wildman–Crippen MR) is 66.9 cm³/mol. The zero-order valence-electron chi connectivity index (χ0n) is 10.4. The molecule has 0 atom stereocenters. The zero-order chi connectivity index (χ0) is 13.0. The lowest BCUT2D eigenvalue weighted by molar-refractivity contribution is -0.136. The highest BCUT2D eigenvalue weighted by atomic mass is 19.1. The van der Waals surface area contributed by atoms with Gasteiger partial charge in [-0.1, -0.05) is 18.6 Å².